The van der Waals surface area contributed by atoms with E-state index in [1.54, 1.807) is 6.92 Å². The Hall–Kier alpha value is -2.86. The number of nitrogens with two attached hydrogens (primary N) is 1. The van der Waals surface area contributed by atoms with Crippen molar-refractivity contribution in [1.82, 2.24) is 14.9 Å². The van der Waals surface area contributed by atoms with E-state index in [1.807, 2.05) is 61.0 Å². The minimum Gasteiger partial charge on any atom is -0.457 e. The monoisotopic (exact) mass is 338 g/mol. The van der Waals surface area contributed by atoms with E-state index in [0.29, 0.717) is 6.54 Å². The highest BCUT2D eigenvalue weighted by Gasteiger charge is 2.12. The number of fused-ring (bicyclic) bond motifs is 1. The van der Waals surface area contributed by atoms with E-state index in [4.69, 9.17) is 10.5 Å². The summed E-state index contributed by atoms with van der Waals surface area (Å²) in [6, 6.07) is 13.3. The Kier molecular flexibility index (Phi) is 4.72. The summed E-state index contributed by atoms with van der Waals surface area (Å²) < 4.78 is 7.90. The molecule has 1 amide bonds. The number of primary amides is 1. The lowest BCUT2D eigenvalue weighted by Crippen LogP contribution is -2.38. The molecule has 1 aromatic heterocycles. The number of hydrogen-bond donors (Lipinski definition) is 2. The Morgan fingerprint density at radius 1 is 1.24 bits per heavy atom. The highest BCUT2D eigenvalue weighted by atomic mass is 16.5. The molecule has 0 radical (unpaired) electrons. The first-order valence-electron chi connectivity index (χ1n) is 8.16. The van der Waals surface area contributed by atoms with Crippen LogP contribution in [0.5, 0.6) is 11.5 Å². The lowest BCUT2D eigenvalue weighted by atomic mass is 10.2. The normalized spacial score (nSPS) is 12.3. The van der Waals surface area contributed by atoms with Crippen LogP contribution in [-0.2, 0) is 18.4 Å². The van der Waals surface area contributed by atoms with Gasteiger partial charge in [-0.3, -0.25) is 10.1 Å². The van der Waals surface area contributed by atoms with Gasteiger partial charge in [-0.15, -0.1) is 0 Å². The molecule has 0 aliphatic carbocycles. The second-order valence-electron chi connectivity index (χ2n) is 6.16. The molecular weight excluding hydrogens is 316 g/mol. The molecule has 0 aliphatic rings. The molecule has 0 saturated heterocycles. The second-order valence-corrected chi connectivity index (χ2v) is 6.16. The molecule has 1 atom stereocenters. The minimum absolute atomic E-state index is 0.382. The molecule has 25 heavy (non-hydrogen) atoms. The van der Waals surface area contributed by atoms with E-state index >= 15 is 0 Å². The summed E-state index contributed by atoms with van der Waals surface area (Å²) in [5.41, 5.74) is 8.31. The van der Waals surface area contributed by atoms with Crippen LogP contribution in [0.1, 0.15) is 18.3 Å². The van der Waals surface area contributed by atoms with Crippen molar-refractivity contribution >= 4 is 16.9 Å². The number of aromatic nitrogens is 2. The summed E-state index contributed by atoms with van der Waals surface area (Å²) in [6.07, 6.45) is 0. The van der Waals surface area contributed by atoms with E-state index in [9.17, 15) is 4.79 Å². The van der Waals surface area contributed by atoms with Crippen molar-refractivity contribution in [3.63, 3.8) is 0 Å². The topological polar surface area (TPSA) is 82.2 Å². The Morgan fingerprint density at radius 2 is 1.92 bits per heavy atom. The molecule has 0 saturated carbocycles. The minimum atomic E-state index is -0.403. The van der Waals surface area contributed by atoms with Crippen molar-refractivity contribution in [2.45, 2.75) is 26.4 Å². The van der Waals surface area contributed by atoms with Crippen LogP contribution in [0.25, 0.3) is 11.0 Å². The zero-order valence-corrected chi connectivity index (χ0v) is 14.6. The molecular formula is C19H22N4O2. The standard InChI is InChI=1S/C19H22N4O2/c1-12-4-6-14(7-5-12)25-15-8-9-16-17(10-15)23(3)18(22-16)11-21-13(2)19(20)24/h4-10,13,21H,11H2,1-3H3,(H2,20,24)/t13-/m0/s1. The van der Waals surface area contributed by atoms with Crippen LogP contribution in [0.4, 0.5) is 0 Å². The second kappa shape index (κ2) is 6.94. The summed E-state index contributed by atoms with van der Waals surface area (Å²) in [6.45, 7) is 4.24. The number of nitrogens with zero attached hydrogens (tertiary/aromatic N) is 2. The third kappa shape index (κ3) is 3.80. The van der Waals surface area contributed by atoms with Crippen LogP contribution in [-0.4, -0.2) is 21.5 Å². The van der Waals surface area contributed by atoms with Gasteiger partial charge in [0.25, 0.3) is 0 Å². The molecule has 0 spiro atoms. The van der Waals surface area contributed by atoms with Crippen molar-refractivity contribution in [2.24, 2.45) is 12.8 Å². The first-order chi connectivity index (χ1) is 11.9. The fourth-order valence-corrected chi connectivity index (χ4v) is 2.53. The van der Waals surface area contributed by atoms with E-state index in [1.165, 1.54) is 5.56 Å². The Labute approximate surface area is 146 Å². The number of hydrogen-bond acceptors (Lipinski definition) is 4. The molecule has 3 aromatic rings. The van der Waals surface area contributed by atoms with Crippen molar-refractivity contribution in [2.75, 3.05) is 0 Å². The molecule has 0 unspecified atom stereocenters. The number of aryl methyl sites for hydroxylation is 2. The summed E-state index contributed by atoms with van der Waals surface area (Å²) in [5, 5.41) is 3.07. The summed E-state index contributed by atoms with van der Waals surface area (Å²) in [5.74, 6) is 2.00. The number of imidazole rings is 1. The SMILES string of the molecule is Cc1ccc(Oc2ccc3nc(CN[C@@H](C)C(N)=O)n(C)c3c2)cc1. The quantitative estimate of drug-likeness (QED) is 0.724. The average molecular weight is 338 g/mol. The molecule has 1 heterocycles. The maximum atomic E-state index is 11.1. The third-order valence-electron chi connectivity index (χ3n) is 4.19. The molecule has 3 N–H and O–H groups in total. The number of benzene rings is 2. The zero-order valence-electron chi connectivity index (χ0n) is 14.6. The van der Waals surface area contributed by atoms with Gasteiger partial charge in [0, 0.05) is 13.1 Å². The van der Waals surface area contributed by atoms with Gasteiger partial charge >= 0.3 is 0 Å². The number of carbonyl (C=O) groups is 1. The lowest BCUT2D eigenvalue weighted by Gasteiger charge is -2.09. The van der Waals surface area contributed by atoms with E-state index in [-0.39, 0.29) is 5.91 Å². The van der Waals surface area contributed by atoms with Gasteiger partial charge in [-0.1, -0.05) is 17.7 Å². The number of carbonyl (C=O) groups excluding carboxylic acids is 1. The molecule has 0 aliphatic heterocycles. The van der Waals surface area contributed by atoms with Gasteiger partial charge in [0.15, 0.2) is 0 Å². The zero-order chi connectivity index (χ0) is 18.0. The lowest BCUT2D eigenvalue weighted by molar-refractivity contribution is -0.119. The van der Waals surface area contributed by atoms with Gasteiger partial charge in [0.1, 0.15) is 17.3 Å². The summed E-state index contributed by atoms with van der Waals surface area (Å²) >= 11 is 0. The van der Waals surface area contributed by atoms with Gasteiger partial charge < -0.3 is 15.0 Å². The van der Waals surface area contributed by atoms with Crippen LogP contribution in [0.2, 0.25) is 0 Å². The number of amides is 1. The van der Waals surface area contributed by atoms with Crippen LogP contribution in [0.3, 0.4) is 0 Å². The third-order valence-corrected chi connectivity index (χ3v) is 4.19. The van der Waals surface area contributed by atoms with E-state index in [2.05, 4.69) is 10.3 Å². The van der Waals surface area contributed by atoms with Crippen molar-refractivity contribution in [1.29, 1.82) is 0 Å². The number of nitrogens with one attached hydrogen (secondary N) is 1. The Morgan fingerprint density at radius 3 is 2.60 bits per heavy atom. The summed E-state index contributed by atoms with van der Waals surface area (Å²) in [4.78, 5) is 15.7. The molecule has 2 aromatic carbocycles. The molecule has 0 fully saturated rings. The predicted molar refractivity (Wildman–Crippen MR) is 97.5 cm³/mol. The first-order valence-corrected chi connectivity index (χ1v) is 8.16. The molecule has 6 nitrogen and oxygen atoms in total. The van der Waals surface area contributed by atoms with Crippen molar-refractivity contribution in [3.05, 3.63) is 53.9 Å². The Balaban J connectivity index is 1.81. The highest BCUT2D eigenvalue weighted by Crippen LogP contribution is 2.26. The van der Waals surface area contributed by atoms with Crippen LogP contribution in [0.15, 0.2) is 42.5 Å². The Bertz CT molecular complexity index is 900. The van der Waals surface area contributed by atoms with Gasteiger partial charge in [-0.2, -0.15) is 0 Å². The van der Waals surface area contributed by atoms with Crippen molar-refractivity contribution < 1.29 is 9.53 Å². The van der Waals surface area contributed by atoms with Gasteiger partial charge in [-0.05, 0) is 38.1 Å². The van der Waals surface area contributed by atoms with Crippen LogP contribution in [0, 0.1) is 6.92 Å². The van der Waals surface area contributed by atoms with Crippen molar-refractivity contribution in [3.8, 4) is 11.5 Å². The van der Waals surface area contributed by atoms with Gasteiger partial charge in [-0.25, -0.2) is 4.98 Å². The highest BCUT2D eigenvalue weighted by molar-refractivity contribution is 5.79. The smallest absolute Gasteiger partial charge is 0.234 e. The largest absolute Gasteiger partial charge is 0.457 e. The van der Waals surface area contributed by atoms with Crippen LogP contribution >= 0.6 is 0 Å². The number of rotatable bonds is 6. The fourth-order valence-electron chi connectivity index (χ4n) is 2.53. The van der Waals surface area contributed by atoms with Gasteiger partial charge in [0.2, 0.25) is 5.91 Å². The predicted octanol–water partition coefficient (Wildman–Crippen LogP) is 2.64. The van der Waals surface area contributed by atoms with Gasteiger partial charge in [0.05, 0.1) is 23.6 Å². The fraction of sp³-hybridized carbons (Fsp3) is 0.263. The van der Waals surface area contributed by atoms with E-state index < -0.39 is 6.04 Å². The molecule has 0 bridgehead atoms. The molecule has 3 rings (SSSR count). The van der Waals surface area contributed by atoms with Crippen LogP contribution < -0.4 is 15.8 Å². The number of ether oxygens (including phenoxy) is 1. The summed E-state index contributed by atoms with van der Waals surface area (Å²) in [7, 11) is 1.94. The first kappa shape index (κ1) is 17.0. The molecule has 130 valence electrons. The van der Waals surface area contributed by atoms with E-state index in [0.717, 1.165) is 28.4 Å². The maximum absolute atomic E-state index is 11.1. The molecule has 6 heteroatoms. The average Bonchev–Trinajstić information content (AvgIpc) is 2.90. The maximum Gasteiger partial charge on any atom is 0.234 e.